The van der Waals surface area contributed by atoms with Crippen LogP contribution in [-0.2, 0) is 6.42 Å². The number of fused-ring (bicyclic) bond motifs is 4. The van der Waals surface area contributed by atoms with Gasteiger partial charge in [0.25, 0.3) is 0 Å². The Labute approximate surface area is 106 Å². The molecule has 1 aromatic heterocycles. The van der Waals surface area contributed by atoms with Crippen LogP contribution in [0, 0.1) is 6.92 Å². The average Bonchev–Trinajstić information content (AvgIpc) is 2.75. The van der Waals surface area contributed by atoms with Crippen LogP contribution in [0.2, 0.25) is 0 Å². The lowest BCUT2D eigenvalue weighted by molar-refractivity contribution is 1.09. The molecule has 0 N–H and O–H groups in total. The first-order chi connectivity index (χ1) is 8.83. The van der Waals surface area contributed by atoms with Crippen LogP contribution >= 0.6 is 0 Å². The Hall–Kier alpha value is -2.22. The van der Waals surface area contributed by atoms with Crippen LogP contribution in [0.15, 0.2) is 47.1 Å². The number of hydrogen-bond acceptors (Lipinski definition) is 2. The number of hydrogen-bond donors (Lipinski definition) is 0. The Morgan fingerprint density at radius 2 is 2.00 bits per heavy atom. The van der Waals surface area contributed by atoms with Crippen LogP contribution < -0.4 is 0 Å². The molecule has 2 nitrogen and oxygen atoms in total. The fourth-order valence-corrected chi connectivity index (χ4v) is 2.72. The van der Waals surface area contributed by atoms with E-state index in [1.165, 1.54) is 27.8 Å². The SMILES string of the molecule is Cc1ccnc2c1CC1=Cc3ccccc3C1=N2. The summed E-state index contributed by atoms with van der Waals surface area (Å²) in [5, 5.41) is 0. The largest absolute Gasteiger partial charge is 0.237 e. The van der Waals surface area contributed by atoms with Gasteiger partial charge in [-0.2, -0.15) is 0 Å². The molecule has 2 heteroatoms. The number of aliphatic imine (C=N–C) groups is 1. The van der Waals surface area contributed by atoms with Crippen molar-refractivity contribution in [3.8, 4) is 0 Å². The van der Waals surface area contributed by atoms with Gasteiger partial charge in [-0.1, -0.05) is 24.3 Å². The first kappa shape index (κ1) is 9.77. The van der Waals surface area contributed by atoms with E-state index in [9.17, 15) is 0 Å². The van der Waals surface area contributed by atoms with Crippen molar-refractivity contribution in [2.75, 3.05) is 0 Å². The molecule has 86 valence electrons. The molecule has 0 bridgehead atoms. The third-order valence-corrected chi connectivity index (χ3v) is 3.70. The normalized spacial score (nSPS) is 15.4. The van der Waals surface area contributed by atoms with E-state index in [1.807, 2.05) is 6.20 Å². The van der Waals surface area contributed by atoms with Crippen LogP contribution in [0.5, 0.6) is 0 Å². The van der Waals surface area contributed by atoms with Crippen molar-refractivity contribution in [3.63, 3.8) is 0 Å². The summed E-state index contributed by atoms with van der Waals surface area (Å²) in [6, 6.07) is 10.5. The molecular weight excluding hydrogens is 220 g/mol. The minimum Gasteiger partial charge on any atom is -0.237 e. The Kier molecular flexibility index (Phi) is 1.84. The first-order valence-electron chi connectivity index (χ1n) is 6.16. The van der Waals surface area contributed by atoms with E-state index in [-0.39, 0.29) is 0 Å². The van der Waals surface area contributed by atoms with Crippen molar-refractivity contribution in [1.29, 1.82) is 0 Å². The van der Waals surface area contributed by atoms with Crippen molar-refractivity contribution in [2.24, 2.45) is 4.99 Å². The maximum atomic E-state index is 4.75. The monoisotopic (exact) mass is 232 g/mol. The molecule has 1 aromatic carbocycles. The smallest absolute Gasteiger partial charge is 0.156 e. The van der Waals surface area contributed by atoms with Gasteiger partial charge < -0.3 is 0 Å². The Balaban J connectivity index is 1.97. The highest BCUT2D eigenvalue weighted by atomic mass is 14.9. The zero-order chi connectivity index (χ0) is 12.1. The summed E-state index contributed by atoms with van der Waals surface area (Å²) in [7, 11) is 0. The predicted octanol–water partition coefficient (Wildman–Crippen LogP) is 3.46. The zero-order valence-electron chi connectivity index (χ0n) is 10.1. The number of pyridine rings is 1. The van der Waals surface area contributed by atoms with Gasteiger partial charge >= 0.3 is 0 Å². The van der Waals surface area contributed by atoms with Crippen molar-refractivity contribution in [1.82, 2.24) is 4.98 Å². The molecular formula is C16H12N2. The lowest BCUT2D eigenvalue weighted by Gasteiger charge is -2.16. The van der Waals surface area contributed by atoms with Crippen LogP contribution in [0.3, 0.4) is 0 Å². The minimum atomic E-state index is 0.888. The zero-order valence-corrected chi connectivity index (χ0v) is 10.1. The summed E-state index contributed by atoms with van der Waals surface area (Å²) in [5.74, 6) is 0.888. The van der Waals surface area contributed by atoms with Crippen LogP contribution in [0.4, 0.5) is 5.82 Å². The number of rotatable bonds is 0. The molecule has 1 aliphatic heterocycles. The van der Waals surface area contributed by atoms with Crippen LogP contribution in [-0.4, -0.2) is 10.7 Å². The van der Waals surface area contributed by atoms with Crippen molar-refractivity contribution in [3.05, 3.63) is 64.4 Å². The first-order valence-corrected chi connectivity index (χ1v) is 6.16. The third kappa shape index (κ3) is 1.23. The van der Waals surface area contributed by atoms with E-state index in [0.29, 0.717) is 0 Å². The lowest BCUT2D eigenvalue weighted by atomic mass is 9.96. The van der Waals surface area contributed by atoms with E-state index in [0.717, 1.165) is 18.0 Å². The van der Waals surface area contributed by atoms with Gasteiger partial charge in [0.15, 0.2) is 5.82 Å². The van der Waals surface area contributed by atoms with Gasteiger partial charge in [0.05, 0.1) is 5.71 Å². The van der Waals surface area contributed by atoms with E-state index >= 15 is 0 Å². The van der Waals surface area contributed by atoms with E-state index in [2.05, 4.69) is 48.3 Å². The number of nitrogens with zero attached hydrogens (tertiary/aromatic N) is 2. The summed E-state index contributed by atoms with van der Waals surface area (Å²) < 4.78 is 0. The molecule has 2 heterocycles. The molecule has 0 fully saturated rings. The Morgan fingerprint density at radius 1 is 1.11 bits per heavy atom. The summed E-state index contributed by atoms with van der Waals surface area (Å²) in [5.41, 5.74) is 7.48. The summed E-state index contributed by atoms with van der Waals surface area (Å²) in [4.78, 5) is 9.15. The highest BCUT2D eigenvalue weighted by Crippen LogP contribution is 2.36. The Morgan fingerprint density at radius 3 is 2.94 bits per heavy atom. The fraction of sp³-hybridized carbons (Fsp3) is 0.125. The molecule has 0 unspecified atom stereocenters. The predicted molar refractivity (Wildman–Crippen MR) is 73.3 cm³/mol. The average molecular weight is 232 g/mol. The molecule has 1 aliphatic carbocycles. The fourth-order valence-electron chi connectivity index (χ4n) is 2.72. The van der Waals surface area contributed by atoms with E-state index in [1.54, 1.807) is 0 Å². The molecule has 0 saturated heterocycles. The summed E-state index contributed by atoms with van der Waals surface area (Å²) in [6.07, 6.45) is 5.04. The maximum Gasteiger partial charge on any atom is 0.156 e. The number of allylic oxidation sites excluding steroid dienone is 1. The standard InChI is InChI=1S/C16H12N2/c1-10-6-7-17-16-14(10)9-12-8-11-4-2-3-5-13(11)15(12)18-16/h2-8H,9H2,1H3. The van der Waals surface area contributed by atoms with Crippen molar-refractivity contribution >= 4 is 17.6 Å². The molecule has 4 rings (SSSR count). The molecule has 0 atom stereocenters. The summed E-state index contributed by atoms with van der Waals surface area (Å²) >= 11 is 0. The Bertz CT molecular complexity index is 724. The molecule has 2 aromatic rings. The van der Waals surface area contributed by atoms with Crippen LogP contribution in [0.1, 0.15) is 22.3 Å². The van der Waals surface area contributed by atoms with Gasteiger partial charge in [-0.15, -0.1) is 0 Å². The molecule has 0 spiro atoms. The second kappa shape index (κ2) is 3.39. The van der Waals surface area contributed by atoms with Gasteiger partial charge in [0.1, 0.15) is 0 Å². The highest BCUT2D eigenvalue weighted by molar-refractivity contribution is 6.22. The molecule has 0 radical (unpaired) electrons. The quantitative estimate of drug-likeness (QED) is 0.682. The molecule has 2 aliphatic rings. The highest BCUT2D eigenvalue weighted by Gasteiger charge is 2.25. The second-order valence-electron chi connectivity index (χ2n) is 4.82. The molecule has 18 heavy (non-hydrogen) atoms. The lowest BCUT2D eigenvalue weighted by Crippen LogP contribution is -2.10. The molecule has 0 saturated carbocycles. The van der Waals surface area contributed by atoms with E-state index < -0.39 is 0 Å². The molecule has 0 amide bonds. The van der Waals surface area contributed by atoms with Gasteiger partial charge in [0.2, 0.25) is 0 Å². The topological polar surface area (TPSA) is 25.2 Å². The third-order valence-electron chi connectivity index (χ3n) is 3.70. The number of aryl methyl sites for hydroxylation is 1. The minimum absolute atomic E-state index is 0.888. The van der Waals surface area contributed by atoms with Gasteiger partial charge in [-0.3, -0.25) is 0 Å². The van der Waals surface area contributed by atoms with Crippen molar-refractivity contribution < 1.29 is 0 Å². The van der Waals surface area contributed by atoms with Crippen molar-refractivity contribution in [2.45, 2.75) is 13.3 Å². The van der Waals surface area contributed by atoms with Gasteiger partial charge in [0, 0.05) is 23.7 Å². The van der Waals surface area contributed by atoms with Gasteiger partial charge in [-0.25, -0.2) is 9.98 Å². The van der Waals surface area contributed by atoms with Crippen LogP contribution in [0.25, 0.3) is 6.08 Å². The second-order valence-corrected chi connectivity index (χ2v) is 4.82. The van der Waals surface area contributed by atoms with E-state index in [4.69, 9.17) is 4.99 Å². The van der Waals surface area contributed by atoms with Gasteiger partial charge in [-0.05, 0) is 35.8 Å². The number of aromatic nitrogens is 1. The number of benzene rings is 1. The maximum absolute atomic E-state index is 4.75. The summed E-state index contributed by atoms with van der Waals surface area (Å²) in [6.45, 7) is 2.13.